The SMILES string of the molecule is Cc1ccc2[nH]c(=O)cc(C(=O)OCC(=O)c3ccc(Br)cc3)c2c1. The van der Waals surface area contributed by atoms with E-state index in [1.54, 1.807) is 36.4 Å². The number of nitrogens with one attached hydrogen (secondary N) is 1. The fraction of sp³-hybridized carbons (Fsp3) is 0.105. The molecule has 0 saturated heterocycles. The van der Waals surface area contributed by atoms with Crippen molar-refractivity contribution >= 4 is 38.6 Å². The van der Waals surface area contributed by atoms with Crippen LogP contribution < -0.4 is 5.56 Å². The number of hydrogen-bond donors (Lipinski definition) is 1. The maximum atomic E-state index is 12.4. The van der Waals surface area contributed by atoms with Gasteiger partial charge in [0.25, 0.3) is 0 Å². The molecule has 0 fully saturated rings. The van der Waals surface area contributed by atoms with Gasteiger partial charge in [-0.1, -0.05) is 39.7 Å². The van der Waals surface area contributed by atoms with E-state index in [1.807, 2.05) is 13.0 Å². The molecule has 0 saturated carbocycles. The summed E-state index contributed by atoms with van der Waals surface area (Å²) in [5.41, 5.74) is 1.68. The molecule has 126 valence electrons. The summed E-state index contributed by atoms with van der Waals surface area (Å²) in [6, 6.07) is 13.3. The van der Waals surface area contributed by atoms with Gasteiger partial charge in [-0.25, -0.2) is 4.79 Å². The van der Waals surface area contributed by atoms with E-state index in [4.69, 9.17) is 4.74 Å². The van der Waals surface area contributed by atoms with E-state index in [1.165, 1.54) is 6.07 Å². The van der Waals surface area contributed by atoms with E-state index in [9.17, 15) is 14.4 Å². The first-order chi connectivity index (χ1) is 11.9. The van der Waals surface area contributed by atoms with Gasteiger partial charge in [0.15, 0.2) is 12.4 Å². The average molecular weight is 400 g/mol. The lowest BCUT2D eigenvalue weighted by atomic mass is 10.1. The number of carbonyl (C=O) groups excluding carboxylic acids is 2. The molecule has 0 aliphatic carbocycles. The van der Waals surface area contributed by atoms with Crippen LogP contribution in [-0.2, 0) is 4.74 Å². The molecule has 0 atom stereocenters. The van der Waals surface area contributed by atoms with Crippen LogP contribution in [0.25, 0.3) is 10.9 Å². The fourth-order valence-electron chi connectivity index (χ4n) is 2.46. The van der Waals surface area contributed by atoms with Crippen LogP contribution >= 0.6 is 15.9 Å². The van der Waals surface area contributed by atoms with Crippen LogP contribution in [0, 0.1) is 6.92 Å². The molecule has 0 bridgehead atoms. The number of aryl methyl sites for hydroxylation is 1. The van der Waals surface area contributed by atoms with E-state index >= 15 is 0 Å². The summed E-state index contributed by atoms with van der Waals surface area (Å²) in [5, 5.41) is 0.584. The second-order valence-electron chi connectivity index (χ2n) is 5.60. The van der Waals surface area contributed by atoms with Crippen LogP contribution in [0.4, 0.5) is 0 Å². The zero-order chi connectivity index (χ0) is 18.0. The Morgan fingerprint density at radius 1 is 1.08 bits per heavy atom. The minimum absolute atomic E-state index is 0.144. The smallest absolute Gasteiger partial charge is 0.339 e. The monoisotopic (exact) mass is 399 g/mol. The summed E-state index contributed by atoms with van der Waals surface area (Å²) in [5.74, 6) is -1.02. The summed E-state index contributed by atoms with van der Waals surface area (Å²) < 4.78 is 5.98. The van der Waals surface area contributed by atoms with Crippen LogP contribution in [0.5, 0.6) is 0 Å². The molecule has 3 rings (SSSR count). The molecule has 0 radical (unpaired) electrons. The first-order valence-electron chi connectivity index (χ1n) is 7.53. The van der Waals surface area contributed by atoms with Crippen molar-refractivity contribution in [2.45, 2.75) is 6.92 Å². The summed E-state index contributed by atoms with van der Waals surface area (Å²) in [6.07, 6.45) is 0. The van der Waals surface area contributed by atoms with Crippen molar-refractivity contribution in [3.63, 3.8) is 0 Å². The van der Waals surface area contributed by atoms with Crippen molar-refractivity contribution in [3.8, 4) is 0 Å². The van der Waals surface area contributed by atoms with Crippen LogP contribution in [0.1, 0.15) is 26.3 Å². The molecule has 0 aliphatic rings. The molecule has 0 amide bonds. The Morgan fingerprint density at radius 3 is 2.52 bits per heavy atom. The summed E-state index contributed by atoms with van der Waals surface area (Å²) in [4.78, 5) is 38.9. The highest BCUT2D eigenvalue weighted by Gasteiger charge is 2.16. The van der Waals surface area contributed by atoms with Gasteiger partial charge in [-0.15, -0.1) is 0 Å². The lowest BCUT2D eigenvalue weighted by molar-refractivity contribution is 0.0476. The van der Waals surface area contributed by atoms with Gasteiger partial charge in [-0.2, -0.15) is 0 Å². The molecule has 2 aromatic carbocycles. The molecule has 25 heavy (non-hydrogen) atoms. The predicted molar refractivity (Wildman–Crippen MR) is 98.1 cm³/mol. The van der Waals surface area contributed by atoms with Gasteiger partial charge in [0.1, 0.15) is 0 Å². The Kier molecular flexibility index (Phi) is 4.81. The number of aromatic amines is 1. The van der Waals surface area contributed by atoms with Crippen LogP contribution in [0.2, 0.25) is 0 Å². The Morgan fingerprint density at radius 2 is 1.80 bits per heavy atom. The third-order valence-electron chi connectivity index (χ3n) is 3.72. The standard InChI is InChI=1S/C19H14BrNO4/c1-11-2-7-16-14(8-11)15(9-18(23)21-16)19(24)25-10-17(22)12-3-5-13(20)6-4-12/h2-9H,10H2,1H3,(H,21,23). The van der Waals surface area contributed by atoms with E-state index < -0.39 is 11.5 Å². The molecule has 5 nitrogen and oxygen atoms in total. The minimum atomic E-state index is -0.702. The third kappa shape index (κ3) is 3.85. The van der Waals surface area contributed by atoms with Gasteiger partial charge in [0, 0.05) is 27.0 Å². The number of halogens is 1. The van der Waals surface area contributed by atoms with E-state index in [0.717, 1.165) is 10.0 Å². The number of H-pyrrole nitrogens is 1. The van der Waals surface area contributed by atoms with Gasteiger partial charge < -0.3 is 9.72 Å². The van der Waals surface area contributed by atoms with E-state index in [-0.39, 0.29) is 18.0 Å². The van der Waals surface area contributed by atoms with Crippen molar-refractivity contribution in [2.75, 3.05) is 6.61 Å². The number of aromatic nitrogens is 1. The number of benzene rings is 2. The van der Waals surface area contributed by atoms with Crippen molar-refractivity contribution < 1.29 is 14.3 Å². The highest BCUT2D eigenvalue weighted by Crippen LogP contribution is 2.18. The lowest BCUT2D eigenvalue weighted by Crippen LogP contribution is -2.17. The molecule has 1 heterocycles. The fourth-order valence-corrected chi connectivity index (χ4v) is 2.73. The third-order valence-corrected chi connectivity index (χ3v) is 4.25. The average Bonchev–Trinajstić information content (AvgIpc) is 2.59. The number of ketones is 1. The molecule has 1 aromatic heterocycles. The van der Waals surface area contributed by atoms with Crippen LogP contribution in [-0.4, -0.2) is 23.3 Å². The molecule has 3 aromatic rings. The molecule has 6 heteroatoms. The topological polar surface area (TPSA) is 76.2 Å². The van der Waals surface area contributed by atoms with Gasteiger partial charge in [0.2, 0.25) is 5.56 Å². The quantitative estimate of drug-likeness (QED) is 0.536. The van der Waals surface area contributed by atoms with Crippen molar-refractivity contribution in [2.24, 2.45) is 0 Å². The Balaban J connectivity index is 1.83. The molecular formula is C19H14BrNO4. The second kappa shape index (κ2) is 7.03. The van der Waals surface area contributed by atoms with Gasteiger partial charge >= 0.3 is 5.97 Å². The van der Waals surface area contributed by atoms with Crippen molar-refractivity contribution in [1.29, 1.82) is 0 Å². The maximum Gasteiger partial charge on any atom is 0.339 e. The first-order valence-corrected chi connectivity index (χ1v) is 8.33. The second-order valence-corrected chi connectivity index (χ2v) is 6.52. The van der Waals surface area contributed by atoms with E-state index in [2.05, 4.69) is 20.9 Å². The largest absolute Gasteiger partial charge is 0.454 e. The number of esters is 1. The number of fused-ring (bicyclic) bond motifs is 1. The predicted octanol–water partition coefficient (Wildman–Crippen LogP) is 3.64. The maximum absolute atomic E-state index is 12.4. The Labute approximate surface area is 151 Å². The Hall–Kier alpha value is -2.73. The number of carbonyl (C=O) groups is 2. The number of hydrogen-bond acceptors (Lipinski definition) is 4. The van der Waals surface area contributed by atoms with Gasteiger partial charge in [-0.3, -0.25) is 9.59 Å². The molecule has 0 aliphatic heterocycles. The molecule has 1 N–H and O–H groups in total. The lowest BCUT2D eigenvalue weighted by Gasteiger charge is -2.08. The summed E-state index contributed by atoms with van der Waals surface area (Å²) in [6.45, 7) is 1.50. The first kappa shape index (κ1) is 17.1. The zero-order valence-electron chi connectivity index (χ0n) is 13.3. The number of Topliss-reactive ketones (excluding diaryl/α,β-unsaturated/α-hetero) is 1. The summed E-state index contributed by atoms with van der Waals surface area (Å²) in [7, 11) is 0. The zero-order valence-corrected chi connectivity index (χ0v) is 14.9. The highest BCUT2D eigenvalue weighted by molar-refractivity contribution is 9.10. The summed E-state index contributed by atoms with van der Waals surface area (Å²) >= 11 is 3.29. The minimum Gasteiger partial charge on any atom is -0.454 e. The van der Waals surface area contributed by atoms with Crippen molar-refractivity contribution in [1.82, 2.24) is 4.98 Å². The molecule has 0 unspecified atom stereocenters. The van der Waals surface area contributed by atoms with E-state index in [0.29, 0.717) is 16.5 Å². The number of pyridine rings is 1. The number of ether oxygens (including phenoxy) is 1. The number of rotatable bonds is 4. The van der Waals surface area contributed by atoms with Crippen LogP contribution in [0.3, 0.4) is 0 Å². The normalized spacial score (nSPS) is 10.6. The van der Waals surface area contributed by atoms with Gasteiger partial charge in [0.05, 0.1) is 5.56 Å². The van der Waals surface area contributed by atoms with Crippen molar-refractivity contribution in [3.05, 3.63) is 80.0 Å². The Bertz CT molecular complexity index is 1020. The van der Waals surface area contributed by atoms with Gasteiger partial charge in [-0.05, 0) is 31.2 Å². The molecule has 0 spiro atoms. The highest BCUT2D eigenvalue weighted by atomic mass is 79.9. The molecular weight excluding hydrogens is 386 g/mol. The van der Waals surface area contributed by atoms with Crippen LogP contribution in [0.15, 0.2) is 57.8 Å².